The number of carbonyl (C=O) groups excluding carboxylic acids is 1. The zero-order valence-electron chi connectivity index (χ0n) is 11.2. The maximum Gasteiger partial charge on any atom is 0.421 e. The highest BCUT2D eigenvalue weighted by atomic mass is 32.2. The molecule has 0 aliphatic rings. The Bertz CT molecular complexity index is 623. The lowest BCUT2D eigenvalue weighted by Crippen LogP contribution is -2.09. The van der Waals surface area contributed by atoms with Gasteiger partial charge in [0.15, 0.2) is 6.29 Å². The highest BCUT2D eigenvalue weighted by Crippen LogP contribution is 2.38. The molecule has 0 spiro atoms. The molecule has 0 atom stereocenters. The van der Waals surface area contributed by atoms with E-state index in [0.29, 0.717) is 12.2 Å². The summed E-state index contributed by atoms with van der Waals surface area (Å²) in [6.07, 6.45) is -3.80. The van der Waals surface area contributed by atoms with Gasteiger partial charge in [0, 0.05) is 12.8 Å². The van der Waals surface area contributed by atoms with Crippen LogP contribution in [0.15, 0.2) is 35.4 Å². The lowest BCUT2D eigenvalue weighted by atomic mass is 10.2. The number of alkyl halides is 3. The molecule has 0 amide bonds. The van der Waals surface area contributed by atoms with Crippen molar-refractivity contribution in [2.75, 3.05) is 5.75 Å². The average molecular weight is 314 g/mol. The lowest BCUT2D eigenvalue weighted by molar-refractivity contribution is -0.140. The first-order valence-corrected chi connectivity index (χ1v) is 7.18. The summed E-state index contributed by atoms with van der Waals surface area (Å²) in [5.74, 6) is 0.477. The van der Waals surface area contributed by atoms with Gasteiger partial charge in [0.2, 0.25) is 0 Å². The van der Waals surface area contributed by atoms with Crippen LogP contribution in [0.1, 0.15) is 21.6 Å². The minimum atomic E-state index is -4.58. The molecule has 2 aromatic rings. The van der Waals surface area contributed by atoms with Crippen molar-refractivity contribution in [3.8, 4) is 0 Å². The summed E-state index contributed by atoms with van der Waals surface area (Å²) in [6, 6.07) is 9.50. The third-order valence-corrected chi connectivity index (χ3v) is 4.04. The summed E-state index contributed by atoms with van der Waals surface area (Å²) in [6.45, 7) is 0. The second kappa shape index (κ2) is 6.34. The topological polar surface area (TPSA) is 34.9 Å². The lowest BCUT2D eigenvalue weighted by Gasteiger charge is -2.09. The van der Waals surface area contributed by atoms with Crippen LogP contribution >= 0.6 is 11.8 Å². The van der Waals surface area contributed by atoms with Crippen molar-refractivity contribution in [2.45, 2.75) is 17.6 Å². The fourth-order valence-electron chi connectivity index (χ4n) is 1.95. The molecule has 0 aliphatic carbocycles. The van der Waals surface area contributed by atoms with Gasteiger partial charge >= 0.3 is 6.18 Å². The summed E-state index contributed by atoms with van der Waals surface area (Å²) >= 11 is 1.05. The van der Waals surface area contributed by atoms with E-state index in [1.165, 1.54) is 7.05 Å². The van der Waals surface area contributed by atoms with Crippen LogP contribution in [0.2, 0.25) is 0 Å². The molecule has 0 unspecified atom stereocenters. The van der Waals surface area contributed by atoms with E-state index in [-0.39, 0.29) is 11.3 Å². The molecule has 1 aromatic heterocycles. The van der Waals surface area contributed by atoms with Gasteiger partial charge in [-0.1, -0.05) is 30.3 Å². The SMILES string of the molecule is Cn1nc(C=O)c(C(F)(F)F)c1SCCc1ccccc1. The fraction of sp³-hybridized carbons (Fsp3) is 0.286. The molecule has 1 aromatic carbocycles. The van der Waals surface area contributed by atoms with Gasteiger partial charge in [-0.05, 0) is 12.0 Å². The van der Waals surface area contributed by atoms with E-state index in [2.05, 4.69) is 5.10 Å². The first kappa shape index (κ1) is 15.6. The molecule has 0 fully saturated rings. The Kier molecular flexibility index (Phi) is 4.72. The molecule has 21 heavy (non-hydrogen) atoms. The quantitative estimate of drug-likeness (QED) is 0.625. The van der Waals surface area contributed by atoms with E-state index in [9.17, 15) is 18.0 Å². The molecular weight excluding hydrogens is 301 g/mol. The molecule has 3 nitrogen and oxygen atoms in total. The normalized spacial score (nSPS) is 11.6. The molecule has 0 saturated heterocycles. The van der Waals surface area contributed by atoms with Crippen LogP contribution in [0, 0.1) is 0 Å². The van der Waals surface area contributed by atoms with E-state index in [1.54, 1.807) is 0 Å². The molecule has 0 saturated carbocycles. The minimum absolute atomic E-state index is 0.0273. The summed E-state index contributed by atoms with van der Waals surface area (Å²) in [4.78, 5) is 10.7. The van der Waals surface area contributed by atoms with Gasteiger partial charge in [-0.15, -0.1) is 11.8 Å². The number of thioether (sulfide) groups is 1. The summed E-state index contributed by atoms with van der Waals surface area (Å²) < 4.78 is 40.2. The van der Waals surface area contributed by atoms with Crippen molar-refractivity contribution in [3.05, 3.63) is 47.2 Å². The highest BCUT2D eigenvalue weighted by Gasteiger charge is 2.39. The van der Waals surface area contributed by atoms with Gasteiger partial charge < -0.3 is 0 Å². The largest absolute Gasteiger partial charge is 0.421 e. The van der Waals surface area contributed by atoms with Gasteiger partial charge in [-0.3, -0.25) is 9.48 Å². The molecule has 0 aliphatic heterocycles. The fourth-order valence-corrected chi connectivity index (χ4v) is 3.08. The monoisotopic (exact) mass is 314 g/mol. The zero-order chi connectivity index (χ0) is 15.5. The summed E-state index contributed by atoms with van der Waals surface area (Å²) in [5.41, 5.74) is -0.457. The van der Waals surface area contributed by atoms with Crippen molar-refractivity contribution < 1.29 is 18.0 Å². The Morgan fingerprint density at radius 1 is 1.29 bits per heavy atom. The molecule has 0 N–H and O–H groups in total. The number of carbonyl (C=O) groups is 1. The van der Waals surface area contributed by atoms with E-state index >= 15 is 0 Å². The van der Waals surface area contributed by atoms with Crippen LogP contribution in [0.3, 0.4) is 0 Å². The van der Waals surface area contributed by atoms with Gasteiger partial charge in [0.25, 0.3) is 0 Å². The smallest absolute Gasteiger partial charge is 0.296 e. The Morgan fingerprint density at radius 3 is 2.52 bits per heavy atom. The number of aryl methyl sites for hydroxylation is 2. The molecule has 112 valence electrons. The number of halogens is 3. The van der Waals surface area contributed by atoms with Crippen LogP contribution in [-0.2, 0) is 19.6 Å². The third kappa shape index (κ3) is 3.66. The average Bonchev–Trinajstić information content (AvgIpc) is 2.76. The van der Waals surface area contributed by atoms with Crippen LogP contribution in [-0.4, -0.2) is 21.8 Å². The number of nitrogens with zero attached hydrogens (tertiary/aromatic N) is 2. The molecular formula is C14H13F3N2OS. The van der Waals surface area contributed by atoms with Crippen molar-refractivity contribution in [2.24, 2.45) is 7.05 Å². The third-order valence-electron chi connectivity index (χ3n) is 2.89. The summed E-state index contributed by atoms with van der Waals surface area (Å²) in [7, 11) is 1.41. The number of hydrogen-bond donors (Lipinski definition) is 0. The molecule has 0 bridgehead atoms. The zero-order valence-corrected chi connectivity index (χ0v) is 12.0. The number of benzene rings is 1. The van der Waals surface area contributed by atoms with Crippen LogP contribution in [0.5, 0.6) is 0 Å². The number of aldehydes is 1. The summed E-state index contributed by atoms with van der Waals surface area (Å²) in [5, 5.41) is 3.60. The molecule has 0 radical (unpaired) electrons. The van der Waals surface area contributed by atoms with Crippen LogP contribution in [0.25, 0.3) is 0 Å². The Balaban J connectivity index is 2.16. The molecule has 1 heterocycles. The highest BCUT2D eigenvalue weighted by molar-refractivity contribution is 7.99. The van der Waals surface area contributed by atoms with E-state index in [0.717, 1.165) is 22.0 Å². The van der Waals surface area contributed by atoms with E-state index in [1.807, 2.05) is 30.3 Å². The van der Waals surface area contributed by atoms with E-state index in [4.69, 9.17) is 0 Å². The predicted octanol–water partition coefficient (Wildman–Crippen LogP) is 3.59. The van der Waals surface area contributed by atoms with Crippen LogP contribution < -0.4 is 0 Å². The Hall–Kier alpha value is -1.76. The predicted molar refractivity (Wildman–Crippen MR) is 74.5 cm³/mol. The number of rotatable bonds is 5. The number of aromatic nitrogens is 2. The van der Waals surface area contributed by atoms with Crippen molar-refractivity contribution >= 4 is 18.0 Å². The van der Waals surface area contributed by atoms with Gasteiger partial charge in [0.05, 0.1) is 0 Å². The first-order chi connectivity index (χ1) is 9.93. The molecule has 7 heteroatoms. The maximum absolute atomic E-state index is 13.0. The van der Waals surface area contributed by atoms with Crippen molar-refractivity contribution in [3.63, 3.8) is 0 Å². The maximum atomic E-state index is 13.0. The Labute approximate surface area is 124 Å². The first-order valence-electron chi connectivity index (χ1n) is 6.19. The second-order valence-electron chi connectivity index (χ2n) is 4.39. The van der Waals surface area contributed by atoms with Crippen molar-refractivity contribution in [1.82, 2.24) is 9.78 Å². The minimum Gasteiger partial charge on any atom is -0.296 e. The van der Waals surface area contributed by atoms with Gasteiger partial charge in [0.1, 0.15) is 16.3 Å². The van der Waals surface area contributed by atoms with Gasteiger partial charge in [-0.25, -0.2) is 0 Å². The Morgan fingerprint density at radius 2 is 1.95 bits per heavy atom. The van der Waals surface area contributed by atoms with Crippen molar-refractivity contribution in [1.29, 1.82) is 0 Å². The second-order valence-corrected chi connectivity index (χ2v) is 5.47. The van der Waals surface area contributed by atoms with Gasteiger partial charge in [-0.2, -0.15) is 18.3 Å². The standard InChI is InChI=1S/C14H13F3N2OS/c1-19-13(12(14(15,16)17)11(9-20)18-19)21-8-7-10-5-3-2-4-6-10/h2-6,9H,7-8H2,1H3. The van der Waals surface area contributed by atoms with E-state index < -0.39 is 17.4 Å². The number of hydrogen-bond acceptors (Lipinski definition) is 3. The van der Waals surface area contributed by atoms with Crippen LogP contribution in [0.4, 0.5) is 13.2 Å². The molecule has 2 rings (SSSR count).